The first-order valence-corrected chi connectivity index (χ1v) is 3.15. The quantitative estimate of drug-likeness (QED) is 0.531. The number of rotatable bonds is 1. The molecule has 56 valence electrons. The van der Waals surface area contributed by atoms with Crippen LogP contribution in [0.25, 0.3) is 11.0 Å². The maximum absolute atomic E-state index is 10.3. The van der Waals surface area contributed by atoms with E-state index in [4.69, 9.17) is 5.11 Å². The number of fused-ring (bicyclic) bond motifs is 1. The van der Waals surface area contributed by atoms with Crippen LogP contribution >= 0.6 is 0 Å². The van der Waals surface area contributed by atoms with Crippen molar-refractivity contribution in [3.8, 4) is 5.75 Å². The van der Waals surface area contributed by atoms with E-state index in [0.717, 1.165) is 0 Å². The zero-order chi connectivity index (χ0) is 7.84. The van der Waals surface area contributed by atoms with Crippen molar-refractivity contribution in [3.63, 3.8) is 0 Å². The summed E-state index contributed by atoms with van der Waals surface area (Å²) in [7, 11) is 0. The van der Waals surface area contributed by atoms with Gasteiger partial charge in [-0.15, -0.1) is 0 Å². The second-order valence-electron chi connectivity index (χ2n) is 2.31. The molecule has 0 aliphatic heterocycles. The van der Waals surface area contributed by atoms with Gasteiger partial charge in [-0.25, -0.2) is 0 Å². The Labute approximate surface area is 61.9 Å². The van der Waals surface area contributed by atoms with Gasteiger partial charge < -0.3 is 15.1 Å². The summed E-state index contributed by atoms with van der Waals surface area (Å²) in [6, 6.07) is 1.59. The number of aldehydes is 1. The van der Waals surface area contributed by atoms with Crippen molar-refractivity contribution in [1.82, 2.24) is 9.97 Å². The number of carbonyl (C=O) groups excluding carboxylic acids is 1. The second kappa shape index (κ2) is 1.88. The fraction of sp³-hybridized carbons (Fsp3) is 0. The number of aromatic nitrogens is 2. The minimum atomic E-state index is 0.157. The van der Waals surface area contributed by atoms with Gasteiger partial charge in [-0.1, -0.05) is 0 Å². The highest BCUT2D eigenvalue weighted by Gasteiger charge is 2.04. The van der Waals surface area contributed by atoms with E-state index in [0.29, 0.717) is 23.0 Å². The number of nitrogens with one attached hydrogen (secondary N) is 2. The average Bonchev–Trinajstić information content (AvgIpc) is 2.53. The van der Waals surface area contributed by atoms with Crippen molar-refractivity contribution in [2.75, 3.05) is 0 Å². The summed E-state index contributed by atoms with van der Waals surface area (Å²) in [6.45, 7) is 0. The van der Waals surface area contributed by atoms with Gasteiger partial charge in [0.25, 0.3) is 0 Å². The van der Waals surface area contributed by atoms with Gasteiger partial charge in [0.05, 0.1) is 11.1 Å². The summed E-state index contributed by atoms with van der Waals surface area (Å²) in [5.74, 6) is 0.157. The fourth-order valence-corrected chi connectivity index (χ4v) is 1.07. The summed E-state index contributed by atoms with van der Waals surface area (Å²) >= 11 is 0. The molecular weight excluding hydrogens is 144 g/mol. The van der Waals surface area contributed by atoms with Crippen LogP contribution in [-0.2, 0) is 0 Å². The zero-order valence-electron chi connectivity index (χ0n) is 5.59. The van der Waals surface area contributed by atoms with Crippen LogP contribution in [-0.4, -0.2) is 21.4 Å². The molecule has 2 aromatic heterocycles. The molecule has 4 nitrogen and oxygen atoms in total. The van der Waals surface area contributed by atoms with E-state index in [-0.39, 0.29) is 5.75 Å². The molecule has 0 aromatic carbocycles. The zero-order valence-corrected chi connectivity index (χ0v) is 5.59. The maximum atomic E-state index is 10.3. The first-order valence-electron chi connectivity index (χ1n) is 3.15. The van der Waals surface area contributed by atoms with Gasteiger partial charge in [0, 0.05) is 6.20 Å². The molecule has 4 heteroatoms. The van der Waals surface area contributed by atoms with Crippen LogP contribution < -0.4 is 0 Å². The van der Waals surface area contributed by atoms with Gasteiger partial charge >= 0.3 is 0 Å². The van der Waals surface area contributed by atoms with E-state index in [1.807, 2.05) is 0 Å². The second-order valence-corrected chi connectivity index (χ2v) is 2.31. The van der Waals surface area contributed by atoms with Crippen LogP contribution in [0.4, 0.5) is 0 Å². The number of aromatic hydroxyl groups is 1. The van der Waals surface area contributed by atoms with Gasteiger partial charge in [0.15, 0.2) is 6.29 Å². The van der Waals surface area contributed by atoms with Gasteiger partial charge in [-0.05, 0) is 6.07 Å². The van der Waals surface area contributed by atoms with Gasteiger partial charge in [0.2, 0.25) is 0 Å². The summed E-state index contributed by atoms with van der Waals surface area (Å²) in [5, 5.41) is 9.80. The van der Waals surface area contributed by atoms with Crippen molar-refractivity contribution < 1.29 is 9.90 Å². The van der Waals surface area contributed by atoms with E-state index in [9.17, 15) is 4.79 Å². The average molecular weight is 150 g/mol. The lowest BCUT2D eigenvalue weighted by Crippen LogP contribution is -1.75. The summed E-state index contributed by atoms with van der Waals surface area (Å²) < 4.78 is 0. The number of carbonyl (C=O) groups is 1. The SMILES string of the molecule is O=Cc1cc2c(O)c[nH]c2[nH]1. The van der Waals surface area contributed by atoms with Gasteiger partial charge in [-0.3, -0.25) is 4.79 Å². The van der Waals surface area contributed by atoms with E-state index in [1.165, 1.54) is 6.20 Å². The molecule has 0 amide bonds. The third kappa shape index (κ3) is 0.724. The third-order valence-corrected chi connectivity index (χ3v) is 1.59. The predicted octanol–water partition coefficient (Wildman–Crippen LogP) is 1.01. The van der Waals surface area contributed by atoms with Crippen LogP contribution in [0.3, 0.4) is 0 Å². The first-order chi connectivity index (χ1) is 5.31. The first kappa shape index (κ1) is 6.03. The monoisotopic (exact) mass is 150 g/mol. The lowest BCUT2D eigenvalue weighted by molar-refractivity contribution is 0.112. The molecule has 0 bridgehead atoms. The Hall–Kier alpha value is -1.71. The molecule has 0 radical (unpaired) electrons. The molecular formula is C7H6N2O2. The molecule has 2 aromatic rings. The van der Waals surface area contributed by atoms with Gasteiger partial charge in [-0.2, -0.15) is 0 Å². The van der Waals surface area contributed by atoms with Crippen LogP contribution in [0.5, 0.6) is 5.75 Å². The van der Waals surface area contributed by atoms with E-state index < -0.39 is 0 Å². The summed E-state index contributed by atoms with van der Waals surface area (Å²) in [6.07, 6.45) is 2.17. The van der Waals surface area contributed by atoms with Crippen molar-refractivity contribution >= 4 is 17.3 Å². The topological polar surface area (TPSA) is 68.9 Å². The number of H-pyrrole nitrogens is 2. The normalized spacial score (nSPS) is 10.5. The third-order valence-electron chi connectivity index (χ3n) is 1.59. The molecule has 0 fully saturated rings. The van der Waals surface area contributed by atoms with Crippen molar-refractivity contribution in [2.45, 2.75) is 0 Å². The Morgan fingerprint density at radius 1 is 1.55 bits per heavy atom. The number of hydrogen-bond donors (Lipinski definition) is 3. The highest BCUT2D eigenvalue weighted by molar-refractivity contribution is 5.90. The fourth-order valence-electron chi connectivity index (χ4n) is 1.07. The molecule has 2 heterocycles. The Morgan fingerprint density at radius 3 is 3.00 bits per heavy atom. The highest BCUT2D eigenvalue weighted by atomic mass is 16.3. The molecule has 11 heavy (non-hydrogen) atoms. The number of hydrogen-bond acceptors (Lipinski definition) is 2. The molecule has 0 spiro atoms. The highest BCUT2D eigenvalue weighted by Crippen LogP contribution is 2.23. The van der Waals surface area contributed by atoms with Crippen molar-refractivity contribution in [3.05, 3.63) is 18.0 Å². The van der Waals surface area contributed by atoms with Crippen LogP contribution in [0.2, 0.25) is 0 Å². The molecule has 0 aliphatic carbocycles. The van der Waals surface area contributed by atoms with E-state index in [2.05, 4.69) is 9.97 Å². The molecule has 0 atom stereocenters. The number of aromatic amines is 2. The molecule has 0 saturated heterocycles. The van der Waals surface area contributed by atoms with Crippen molar-refractivity contribution in [1.29, 1.82) is 0 Å². The van der Waals surface area contributed by atoms with Crippen LogP contribution in [0, 0.1) is 0 Å². The Balaban J connectivity index is 2.79. The Morgan fingerprint density at radius 2 is 2.36 bits per heavy atom. The standard InChI is InChI=1S/C7H6N2O2/c10-3-4-1-5-6(11)2-8-7(5)9-4/h1-3,8-9,11H. The Kier molecular flexibility index (Phi) is 1.03. The minimum absolute atomic E-state index is 0.157. The summed E-state index contributed by atoms with van der Waals surface area (Å²) in [4.78, 5) is 15.8. The Bertz CT molecular complexity index is 399. The van der Waals surface area contributed by atoms with Crippen molar-refractivity contribution in [2.24, 2.45) is 0 Å². The molecule has 0 saturated carbocycles. The van der Waals surface area contributed by atoms with Crippen LogP contribution in [0.1, 0.15) is 10.5 Å². The van der Waals surface area contributed by atoms with E-state index >= 15 is 0 Å². The van der Waals surface area contributed by atoms with Gasteiger partial charge in [0.1, 0.15) is 11.4 Å². The maximum Gasteiger partial charge on any atom is 0.166 e. The minimum Gasteiger partial charge on any atom is -0.506 e. The largest absolute Gasteiger partial charge is 0.506 e. The van der Waals surface area contributed by atoms with E-state index in [1.54, 1.807) is 6.07 Å². The molecule has 3 N–H and O–H groups in total. The van der Waals surface area contributed by atoms with Crippen LogP contribution in [0.15, 0.2) is 12.3 Å². The molecule has 2 rings (SSSR count). The lowest BCUT2D eigenvalue weighted by Gasteiger charge is -1.77. The summed E-state index contributed by atoms with van der Waals surface area (Å²) in [5.41, 5.74) is 1.13. The smallest absolute Gasteiger partial charge is 0.166 e. The lowest BCUT2D eigenvalue weighted by atomic mass is 10.3. The molecule has 0 unspecified atom stereocenters. The predicted molar refractivity (Wildman–Crippen MR) is 39.7 cm³/mol. The molecule has 0 aliphatic rings.